The Labute approximate surface area is 160 Å². The Kier molecular flexibility index (Phi) is 5.64. The van der Waals surface area contributed by atoms with Crippen molar-refractivity contribution in [1.29, 1.82) is 0 Å². The number of carbonyl (C=O) groups is 2. The van der Waals surface area contributed by atoms with Crippen molar-refractivity contribution < 1.29 is 14.3 Å². The lowest BCUT2D eigenvalue weighted by molar-refractivity contribution is -0.146. The second-order valence-corrected chi connectivity index (χ2v) is 7.71. The van der Waals surface area contributed by atoms with E-state index in [4.69, 9.17) is 4.74 Å². The van der Waals surface area contributed by atoms with Crippen molar-refractivity contribution in [3.8, 4) is 0 Å². The highest BCUT2D eigenvalue weighted by Gasteiger charge is 2.49. The molecule has 8 heteroatoms. The van der Waals surface area contributed by atoms with E-state index in [0.29, 0.717) is 43.4 Å². The molecule has 2 fully saturated rings. The molecule has 3 heterocycles. The second-order valence-electron chi connectivity index (χ2n) is 7.71. The molecule has 0 radical (unpaired) electrons. The first-order chi connectivity index (χ1) is 12.9. The molecule has 0 N–H and O–H groups in total. The first-order valence-corrected chi connectivity index (χ1v) is 9.46. The van der Waals surface area contributed by atoms with Gasteiger partial charge in [-0.15, -0.1) is 0 Å². The van der Waals surface area contributed by atoms with Crippen molar-refractivity contribution >= 4 is 17.8 Å². The van der Waals surface area contributed by atoms with Gasteiger partial charge in [0.2, 0.25) is 11.9 Å². The first-order valence-electron chi connectivity index (χ1n) is 9.46. The molecule has 2 aliphatic heterocycles. The summed E-state index contributed by atoms with van der Waals surface area (Å²) in [5.74, 6) is 0.659. The van der Waals surface area contributed by atoms with Gasteiger partial charge in [-0.3, -0.25) is 9.59 Å². The van der Waals surface area contributed by atoms with Gasteiger partial charge in [0.15, 0.2) is 0 Å². The zero-order valence-corrected chi connectivity index (χ0v) is 16.7. The summed E-state index contributed by atoms with van der Waals surface area (Å²) in [6.07, 6.45) is 4.13. The van der Waals surface area contributed by atoms with Gasteiger partial charge in [-0.25, -0.2) is 9.97 Å². The smallest absolute Gasteiger partial charge is 0.257 e. The maximum absolute atomic E-state index is 13.0. The topological polar surface area (TPSA) is 78.9 Å². The van der Waals surface area contributed by atoms with Gasteiger partial charge in [0.05, 0.1) is 23.3 Å². The minimum Gasteiger partial charge on any atom is -0.383 e. The van der Waals surface area contributed by atoms with E-state index in [1.54, 1.807) is 23.1 Å². The Morgan fingerprint density at radius 3 is 2.78 bits per heavy atom. The fourth-order valence-corrected chi connectivity index (χ4v) is 4.04. The molecule has 2 aliphatic rings. The Morgan fingerprint density at radius 2 is 2.11 bits per heavy atom. The summed E-state index contributed by atoms with van der Waals surface area (Å²) in [7, 11) is 5.38. The fraction of sp³-hybridized carbons (Fsp3) is 0.684. The van der Waals surface area contributed by atoms with E-state index in [9.17, 15) is 9.59 Å². The third kappa shape index (κ3) is 3.76. The van der Waals surface area contributed by atoms with Crippen LogP contribution in [0.2, 0.25) is 0 Å². The molecule has 8 nitrogen and oxygen atoms in total. The highest BCUT2D eigenvalue weighted by molar-refractivity contribution is 5.96. The molecule has 0 aliphatic carbocycles. The van der Waals surface area contributed by atoms with Gasteiger partial charge >= 0.3 is 0 Å². The maximum atomic E-state index is 13.0. The average Bonchev–Trinajstić information content (AvgIpc) is 3.07. The first kappa shape index (κ1) is 19.5. The van der Waals surface area contributed by atoms with Crippen molar-refractivity contribution in [1.82, 2.24) is 19.8 Å². The fourth-order valence-electron chi connectivity index (χ4n) is 4.04. The van der Waals surface area contributed by atoms with Crippen LogP contribution < -0.4 is 4.90 Å². The highest BCUT2D eigenvalue weighted by atomic mass is 16.5. The van der Waals surface area contributed by atoms with Crippen LogP contribution in [0.15, 0.2) is 6.20 Å². The number of aromatic nitrogens is 2. The van der Waals surface area contributed by atoms with Crippen LogP contribution >= 0.6 is 0 Å². The average molecular weight is 375 g/mol. The van der Waals surface area contributed by atoms with Gasteiger partial charge in [-0.2, -0.15) is 0 Å². The summed E-state index contributed by atoms with van der Waals surface area (Å²) in [6.45, 7) is 4.83. The molecule has 27 heavy (non-hydrogen) atoms. The van der Waals surface area contributed by atoms with Crippen LogP contribution in [0.5, 0.6) is 0 Å². The number of ether oxygens (including phenoxy) is 1. The Morgan fingerprint density at radius 1 is 1.33 bits per heavy atom. The molecule has 1 aromatic rings. The summed E-state index contributed by atoms with van der Waals surface area (Å²) in [4.78, 5) is 40.2. The van der Waals surface area contributed by atoms with E-state index >= 15 is 0 Å². The number of nitrogens with zero attached hydrogens (tertiary/aromatic N) is 5. The van der Waals surface area contributed by atoms with Crippen LogP contribution in [0.3, 0.4) is 0 Å². The summed E-state index contributed by atoms with van der Waals surface area (Å²) < 4.78 is 5.12. The van der Waals surface area contributed by atoms with Crippen molar-refractivity contribution in [2.24, 2.45) is 5.41 Å². The van der Waals surface area contributed by atoms with E-state index < -0.39 is 5.41 Å². The molecule has 1 spiro atoms. The number of methoxy groups -OCH3 is 1. The highest BCUT2D eigenvalue weighted by Crippen LogP contribution is 2.40. The molecule has 0 bridgehead atoms. The monoisotopic (exact) mass is 375 g/mol. The van der Waals surface area contributed by atoms with Gasteiger partial charge < -0.3 is 19.4 Å². The summed E-state index contributed by atoms with van der Waals surface area (Å²) in [6, 6.07) is 0. The van der Waals surface area contributed by atoms with E-state index in [1.807, 2.05) is 25.9 Å². The van der Waals surface area contributed by atoms with E-state index in [1.165, 1.54) is 0 Å². The largest absolute Gasteiger partial charge is 0.383 e. The number of aryl methyl sites for hydroxylation is 1. The number of hydrogen-bond donors (Lipinski definition) is 0. The molecule has 1 atom stereocenters. The standard InChI is InChI=1S/C19H29N5O3/c1-14-15(12-20-18(21-14)22(2)3)16(25)24-9-7-19(13-24)6-5-8-23(17(19)26)10-11-27-4/h12H,5-11,13H2,1-4H3/t19-/m0/s1. The van der Waals surface area contributed by atoms with Gasteiger partial charge in [0.25, 0.3) is 5.91 Å². The number of likely N-dealkylation sites (tertiary alicyclic amines) is 2. The Hall–Kier alpha value is -2.22. The van der Waals surface area contributed by atoms with Crippen LogP contribution in [0.4, 0.5) is 5.95 Å². The minimum atomic E-state index is -0.444. The number of carbonyl (C=O) groups excluding carboxylic acids is 2. The third-order valence-corrected chi connectivity index (χ3v) is 5.63. The molecular weight excluding hydrogens is 346 g/mol. The number of anilines is 1. The van der Waals surface area contributed by atoms with Gasteiger partial charge in [0, 0.05) is 53.6 Å². The maximum Gasteiger partial charge on any atom is 0.257 e. The van der Waals surface area contributed by atoms with Crippen LogP contribution in [-0.4, -0.2) is 85.6 Å². The second kappa shape index (κ2) is 7.80. The predicted octanol–water partition coefficient (Wildman–Crippen LogP) is 0.952. The SMILES string of the molecule is COCCN1CCC[C@@]2(CCN(C(=O)c3cnc(N(C)C)nc3C)C2)C1=O. The van der Waals surface area contributed by atoms with E-state index in [2.05, 4.69) is 9.97 Å². The Balaban J connectivity index is 1.73. The summed E-state index contributed by atoms with van der Waals surface area (Å²) in [5.41, 5.74) is 0.730. The van der Waals surface area contributed by atoms with Crippen molar-refractivity contribution in [3.05, 3.63) is 17.5 Å². The van der Waals surface area contributed by atoms with Crippen molar-refractivity contribution in [2.75, 3.05) is 58.9 Å². The third-order valence-electron chi connectivity index (χ3n) is 5.63. The van der Waals surface area contributed by atoms with Crippen LogP contribution in [0.1, 0.15) is 35.3 Å². The minimum absolute atomic E-state index is 0.0866. The lowest BCUT2D eigenvalue weighted by atomic mass is 9.78. The molecule has 2 saturated heterocycles. The van der Waals surface area contributed by atoms with Gasteiger partial charge in [0.1, 0.15) is 0 Å². The lowest BCUT2D eigenvalue weighted by Crippen LogP contribution is -2.51. The summed E-state index contributed by atoms with van der Waals surface area (Å²) in [5, 5.41) is 0. The van der Waals surface area contributed by atoms with Crippen LogP contribution in [0.25, 0.3) is 0 Å². The van der Waals surface area contributed by atoms with E-state index in [0.717, 1.165) is 25.8 Å². The lowest BCUT2D eigenvalue weighted by Gasteiger charge is -2.39. The van der Waals surface area contributed by atoms with E-state index in [-0.39, 0.29) is 11.8 Å². The van der Waals surface area contributed by atoms with Gasteiger partial charge in [-0.05, 0) is 26.2 Å². The molecule has 3 rings (SSSR count). The van der Waals surface area contributed by atoms with Crippen LogP contribution in [-0.2, 0) is 9.53 Å². The number of hydrogen-bond acceptors (Lipinski definition) is 6. The zero-order valence-electron chi connectivity index (χ0n) is 16.7. The number of piperidine rings is 1. The number of rotatable bonds is 5. The molecule has 148 valence electrons. The zero-order chi connectivity index (χ0) is 19.6. The molecule has 0 saturated carbocycles. The molecule has 1 aromatic heterocycles. The molecule has 0 unspecified atom stereocenters. The molecular formula is C19H29N5O3. The van der Waals surface area contributed by atoms with Crippen molar-refractivity contribution in [2.45, 2.75) is 26.2 Å². The van der Waals surface area contributed by atoms with Gasteiger partial charge in [-0.1, -0.05) is 0 Å². The quantitative estimate of drug-likeness (QED) is 0.763. The number of amides is 2. The van der Waals surface area contributed by atoms with Crippen molar-refractivity contribution in [3.63, 3.8) is 0 Å². The Bertz CT molecular complexity index is 723. The van der Waals surface area contributed by atoms with Crippen LogP contribution in [0, 0.1) is 12.3 Å². The molecule has 2 amide bonds. The normalized spacial score (nSPS) is 22.6. The predicted molar refractivity (Wildman–Crippen MR) is 102 cm³/mol. The molecule has 0 aromatic carbocycles. The summed E-state index contributed by atoms with van der Waals surface area (Å²) >= 11 is 0.